The van der Waals surface area contributed by atoms with Gasteiger partial charge in [0.05, 0.1) is 19.1 Å². The largest absolute Gasteiger partial charge is 0.495 e. The van der Waals surface area contributed by atoms with E-state index in [2.05, 4.69) is 11.8 Å². The number of hydrogen-bond acceptors (Lipinski definition) is 2. The van der Waals surface area contributed by atoms with Crippen LogP contribution in [0.1, 0.15) is 17.5 Å². The fourth-order valence-corrected chi connectivity index (χ4v) is 1.13. The third-order valence-corrected chi connectivity index (χ3v) is 1.84. The predicted octanol–water partition coefficient (Wildman–Crippen LogP) is 1.23. The van der Waals surface area contributed by atoms with Crippen molar-refractivity contribution in [2.75, 3.05) is 7.11 Å². The monoisotopic (exact) mass is 203 g/mol. The number of aryl methyl sites for hydroxylation is 1. The number of rotatable bonds is 2. The number of methoxy groups -OCH3 is 1. The summed E-state index contributed by atoms with van der Waals surface area (Å²) in [4.78, 5) is 10.5. The Kier molecular flexibility index (Phi) is 3.75. The number of carbonyl (C=O) groups excluding carboxylic acids is 1. The van der Waals surface area contributed by atoms with Crippen LogP contribution in [0.3, 0.4) is 0 Å². The average molecular weight is 203 g/mol. The molecule has 0 aliphatic rings. The SMILES string of the molecule is COc1cc(C)ccc1C#CCC(N)=O. The smallest absolute Gasteiger partial charge is 0.229 e. The van der Waals surface area contributed by atoms with E-state index in [1.54, 1.807) is 7.11 Å². The van der Waals surface area contributed by atoms with Gasteiger partial charge in [-0.2, -0.15) is 0 Å². The molecule has 0 aromatic heterocycles. The fourth-order valence-electron chi connectivity index (χ4n) is 1.13. The first-order valence-electron chi connectivity index (χ1n) is 4.55. The normalized spacial score (nSPS) is 8.93. The molecule has 0 saturated carbocycles. The first kappa shape index (κ1) is 11.1. The molecule has 0 saturated heterocycles. The fraction of sp³-hybridized carbons (Fsp3) is 0.250. The van der Waals surface area contributed by atoms with Crippen molar-refractivity contribution in [1.82, 2.24) is 0 Å². The summed E-state index contributed by atoms with van der Waals surface area (Å²) in [5, 5.41) is 0. The molecule has 2 N–H and O–H groups in total. The van der Waals surface area contributed by atoms with Crippen molar-refractivity contribution >= 4 is 5.91 Å². The maximum atomic E-state index is 10.5. The second kappa shape index (κ2) is 5.06. The maximum absolute atomic E-state index is 10.5. The van der Waals surface area contributed by atoms with Crippen LogP contribution in [0.2, 0.25) is 0 Å². The van der Waals surface area contributed by atoms with Crippen molar-refractivity contribution in [2.24, 2.45) is 5.73 Å². The summed E-state index contributed by atoms with van der Waals surface area (Å²) < 4.78 is 5.17. The Bertz CT molecular complexity index is 427. The number of primary amides is 1. The molecule has 0 aliphatic heterocycles. The quantitative estimate of drug-likeness (QED) is 0.735. The van der Waals surface area contributed by atoms with E-state index in [0.29, 0.717) is 5.75 Å². The van der Waals surface area contributed by atoms with E-state index in [-0.39, 0.29) is 6.42 Å². The third-order valence-electron chi connectivity index (χ3n) is 1.84. The van der Waals surface area contributed by atoms with Crippen LogP contribution in [0.15, 0.2) is 18.2 Å². The summed E-state index contributed by atoms with van der Waals surface area (Å²) >= 11 is 0. The van der Waals surface area contributed by atoms with Gasteiger partial charge in [0.25, 0.3) is 0 Å². The third kappa shape index (κ3) is 3.35. The number of hydrogen-bond donors (Lipinski definition) is 1. The van der Waals surface area contributed by atoms with E-state index >= 15 is 0 Å². The van der Waals surface area contributed by atoms with Crippen molar-refractivity contribution in [2.45, 2.75) is 13.3 Å². The molecule has 0 radical (unpaired) electrons. The highest BCUT2D eigenvalue weighted by molar-refractivity contribution is 5.76. The maximum Gasteiger partial charge on any atom is 0.229 e. The van der Waals surface area contributed by atoms with Crippen LogP contribution in [0.5, 0.6) is 5.75 Å². The first-order valence-corrected chi connectivity index (χ1v) is 4.55. The van der Waals surface area contributed by atoms with Gasteiger partial charge in [-0.15, -0.1) is 0 Å². The molecule has 1 aromatic rings. The van der Waals surface area contributed by atoms with E-state index in [4.69, 9.17) is 10.5 Å². The number of amides is 1. The van der Waals surface area contributed by atoms with Crippen LogP contribution in [0.25, 0.3) is 0 Å². The molecular formula is C12H13NO2. The van der Waals surface area contributed by atoms with E-state index in [9.17, 15) is 4.79 Å². The summed E-state index contributed by atoms with van der Waals surface area (Å²) in [6, 6.07) is 5.70. The molecule has 0 heterocycles. The molecule has 0 atom stereocenters. The van der Waals surface area contributed by atoms with Crippen molar-refractivity contribution in [3.8, 4) is 17.6 Å². The van der Waals surface area contributed by atoms with E-state index in [1.807, 2.05) is 25.1 Å². The molecule has 1 aromatic carbocycles. The minimum Gasteiger partial charge on any atom is -0.495 e. The molecule has 3 heteroatoms. The Labute approximate surface area is 89.2 Å². The van der Waals surface area contributed by atoms with Gasteiger partial charge in [-0.05, 0) is 24.6 Å². The summed E-state index contributed by atoms with van der Waals surface area (Å²) in [5.41, 5.74) is 6.85. The van der Waals surface area contributed by atoms with Gasteiger partial charge in [-0.25, -0.2) is 0 Å². The van der Waals surface area contributed by atoms with Gasteiger partial charge < -0.3 is 10.5 Å². The molecule has 3 nitrogen and oxygen atoms in total. The summed E-state index contributed by atoms with van der Waals surface area (Å²) in [6.45, 7) is 1.98. The van der Waals surface area contributed by atoms with E-state index in [1.165, 1.54) is 0 Å². The summed E-state index contributed by atoms with van der Waals surface area (Å²) in [5.74, 6) is 5.83. The van der Waals surface area contributed by atoms with Crippen molar-refractivity contribution in [1.29, 1.82) is 0 Å². The number of benzene rings is 1. The van der Waals surface area contributed by atoms with Crippen LogP contribution in [0.4, 0.5) is 0 Å². The standard InChI is InChI=1S/C12H13NO2/c1-9-6-7-10(11(8-9)15-2)4-3-5-12(13)14/h6-8H,5H2,1-2H3,(H2,13,14). The van der Waals surface area contributed by atoms with Crippen molar-refractivity contribution in [3.63, 3.8) is 0 Å². The van der Waals surface area contributed by atoms with Crippen molar-refractivity contribution in [3.05, 3.63) is 29.3 Å². The highest BCUT2D eigenvalue weighted by Gasteiger charge is 1.99. The van der Waals surface area contributed by atoms with Gasteiger partial charge in [0.2, 0.25) is 5.91 Å². The molecule has 1 rings (SSSR count). The van der Waals surface area contributed by atoms with E-state index < -0.39 is 5.91 Å². The molecule has 0 bridgehead atoms. The lowest BCUT2D eigenvalue weighted by Gasteiger charge is -2.03. The molecule has 0 spiro atoms. The molecular weight excluding hydrogens is 190 g/mol. The Morgan fingerprint density at radius 2 is 2.27 bits per heavy atom. The predicted molar refractivity (Wildman–Crippen MR) is 58.4 cm³/mol. The molecule has 0 fully saturated rings. The zero-order chi connectivity index (χ0) is 11.3. The van der Waals surface area contributed by atoms with Gasteiger partial charge in [-0.3, -0.25) is 4.79 Å². The number of ether oxygens (including phenoxy) is 1. The van der Waals surface area contributed by atoms with Gasteiger partial charge in [0, 0.05) is 0 Å². The van der Waals surface area contributed by atoms with Crippen LogP contribution >= 0.6 is 0 Å². The lowest BCUT2D eigenvalue weighted by atomic mass is 10.1. The van der Waals surface area contributed by atoms with Gasteiger partial charge in [-0.1, -0.05) is 17.9 Å². The van der Waals surface area contributed by atoms with Gasteiger partial charge >= 0.3 is 0 Å². The van der Waals surface area contributed by atoms with Crippen LogP contribution in [-0.2, 0) is 4.79 Å². The van der Waals surface area contributed by atoms with Crippen LogP contribution in [0, 0.1) is 18.8 Å². The Morgan fingerprint density at radius 3 is 2.87 bits per heavy atom. The highest BCUT2D eigenvalue weighted by Crippen LogP contribution is 2.18. The minimum atomic E-state index is -0.423. The van der Waals surface area contributed by atoms with E-state index in [0.717, 1.165) is 11.1 Å². The number of nitrogens with two attached hydrogens (primary N) is 1. The molecule has 1 amide bonds. The first-order chi connectivity index (χ1) is 7.13. The second-order valence-electron chi connectivity index (χ2n) is 3.15. The molecule has 15 heavy (non-hydrogen) atoms. The topological polar surface area (TPSA) is 52.3 Å². The average Bonchev–Trinajstić information content (AvgIpc) is 2.19. The number of carbonyl (C=O) groups is 1. The van der Waals surface area contributed by atoms with Gasteiger partial charge in [0.1, 0.15) is 5.75 Å². The van der Waals surface area contributed by atoms with Gasteiger partial charge in [0.15, 0.2) is 0 Å². The Hall–Kier alpha value is -1.95. The zero-order valence-corrected chi connectivity index (χ0v) is 8.83. The molecule has 0 unspecified atom stereocenters. The Morgan fingerprint density at radius 1 is 1.53 bits per heavy atom. The van der Waals surface area contributed by atoms with Crippen LogP contribution < -0.4 is 10.5 Å². The lowest BCUT2D eigenvalue weighted by Crippen LogP contribution is -2.08. The minimum absolute atomic E-state index is 0.0665. The molecule has 0 aliphatic carbocycles. The lowest BCUT2D eigenvalue weighted by molar-refractivity contribution is -0.117. The summed E-state index contributed by atoms with van der Waals surface area (Å²) in [6.07, 6.45) is 0.0665. The second-order valence-corrected chi connectivity index (χ2v) is 3.15. The molecule has 78 valence electrons. The highest BCUT2D eigenvalue weighted by atomic mass is 16.5. The zero-order valence-electron chi connectivity index (χ0n) is 8.83. The van der Waals surface area contributed by atoms with Crippen LogP contribution in [-0.4, -0.2) is 13.0 Å². The Balaban J connectivity index is 2.92. The summed E-state index contributed by atoms with van der Waals surface area (Å²) in [7, 11) is 1.59. The van der Waals surface area contributed by atoms with Crippen molar-refractivity contribution < 1.29 is 9.53 Å².